The van der Waals surface area contributed by atoms with Crippen LogP contribution in [0.25, 0.3) is 10.6 Å². The van der Waals surface area contributed by atoms with Crippen LogP contribution in [0.2, 0.25) is 0 Å². The van der Waals surface area contributed by atoms with Gasteiger partial charge in [0.15, 0.2) is 23.0 Å². The highest BCUT2D eigenvalue weighted by Crippen LogP contribution is 2.37. The SMILES string of the molecule is COc1ccc(-c2nc(CSc3nnc([C@H]4COc5ccccc5O4)o3)cs2)cc1OC. The molecule has 10 heteroatoms. The number of thiazole rings is 1. The molecule has 0 unspecified atom stereocenters. The summed E-state index contributed by atoms with van der Waals surface area (Å²) in [6.07, 6.45) is -0.428. The lowest BCUT2D eigenvalue weighted by Gasteiger charge is -2.23. The standard InChI is InChI=1S/C22H19N3O5S2/c1-26-15-8-7-13(9-18(15)27-2)21-23-14(11-31-21)12-32-22-25-24-20(30-22)19-10-28-16-5-3-4-6-17(16)29-19/h3-9,11,19H,10,12H2,1-2H3/t19-/m1/s1. The van der Waals surface area contributed by atoms with Crippen LogP contribution in [-0.4, -0.2) is 36.0 Å². The number of benzene rings is 2. The molecule has 8 nitrogen and oxygen atoms in total. The number of thioether (sulfide) groups is 1. The molecule has 0 N–H and O–H groups in total. The van der Waals surface area contributed by atoms with Gasteiger partial charge in [-0.25, -0.2) is 4.98 Å². The minimum Gasteiger partial charge on any atom is -0.493 e. The summed E-state index contributed by atoms with van der Waals surface area (Å²) >= 11 is 3.00. The van der Waals surface area contributed by atoms with E-state index in [2.05, 4.69) is 10.2 Å². The molecule has 0 saturated carbocycles. The van der Waals surface area contributed by atoms with Crippen molar-refractivity contribution in [3.8, 4) is 33.6 Å². The number of hydrogen-bond donors (Lipinski definition) is 0. The molecule has 3 heterocycles. The zero-order valence-electron chi connectivity index (χ0n) is 17.3. The highest BCUT2D eigenvalue weighted by Gasteiger charge is 2.27. The highest BCUT2D eigenvalue weighted by molar-refractivity contribution is 7.98. The van der Waals surface area contributed by atoms with Crippen molar-refractivity contribution in [1.82, 2.24) is 15.2 Å². The Morgan fingerprint density at radius 3 is 2.75 bits per heavy atom. The van der Waals surface area contributed by atoms with E-state index >= 15 is 0 Å². The van der Waals surface area contributed by atoms with E-state index in [0.29, 0.717) is 46.5 Å². The number of hydrogen-bond acceptors (Lipinski definition) is 10. The van der Waals surface area contributed by atoms with Gasteiger partial charge in [-0.15, -0.1) is 21.5 Å². The summed E-state index contributed by atoms with van der Waals surface area (Å²) < 4.78 is 28.1. The number of fused-ring (bicyclic) bond motifs is 1. The van der Waals surface area contributed by atoms with E-state index in [1.165, 1.54) is 11.8 Å². The molecule has 1 aliphatic rings. The molecule has 0 fully saturated rings. The van der Waals surface area contributed by atoms with E-state index in [1.54, 1.807) is 25.6 Å². The van der Waals surface area contributed by atoms with Crippen LogP contribution in [-0.2, 0) is 5.75 Å². The van der Waals surface area contributed by atoms with E-state index in [4.69, 9.17) is 28.3 Å². The first-order valence-electron chi connectivity index (χ1n) is 9.75. The smallest absolute Gasteiger partial charge is 0.277 e. The van der Waals surface area contributed by atoms with Crippen LogP contribution in [0.5, 0.6) is 23.0 Å². The second kappa shape index (κ2) is 9.09. The zero-order valence-corrected chi connectivity index (χ0v) is 18.9. The van der Waals surface area contributed by atoms with Crippen LogP contribution in [0.15, 0.2) is 57.5 Å². The summed E-state index contributed by atoms with van der Waals surface area (Å²) in [4.78, 5) is 4.71. The van der Waals surface area contributed by atoms with Crippen molar-refractivity contribution in [3.05, 3.63) is 59.4 Å². The van der Waals surface area contributed by atoms with Crippen molar-refractivity contribution in [3.63, 3.8) is 0 Å². The van der Waals surface area contributed by atoms with Gasteiger partial charge < -0.3 is 23.4 Å². The van der Waals surface area contributed by atoms with Crippen molar-refractivity contribution in [1.29, 1.82) is 0 Å². The molecule has 1 atom stereocenters. The number of nitrogens with zero attached hydrogens (tertiary/aromatic N) is 3. The number of para-hydroxylation sites is 2. The third kappa shape index (κ3) is 4.23. The maximum atomic E-state index is 5.92. The maximum Gasteiger partial charge on any atom is 0.277 e. The van der Waals surface area contributed by atoms with Crippen molar-refractivity contribution >= 4 is 23.1 Å². The van der Waals surface area contributed by atoms with Gasteiger partial charge in [0.25, 0.3) is 11.1 Å². The highest BCUT2D eigenvalue weighted by atomic mass is 32.2. The molecular formula is C22H19N3O5S2. The van der Waals surface area contributed by atoms with Gasteiger partial charge in [-0.05, 0) is 30.3 Å². The Bertz CT molecular complexity index is 1230. The van der Waals surface area contributed by atoms with Crippen molar-refractivity contribution in [2.45, 2.75) is 17.1 Å². The van der Waals surface area contributed by atoms with Crippen LogP contribution in [0, 0.1) is 0 Å². The predicted molar refractivity (Wildman–Crippen MR) is 120 cm³/mol. The molecule has 0 amide bonds. The lowest BCUT2D eigenvalue weighted by atomic mass is 10.2. The normalized spacial score (nSPS) is 14.9. The van der Waals surface area contributed by atoms with Crippen LogP contribution < -0.4 is 18.9 Å². The summed E-state index contributed by atoms with van der Waals surface area (Å²) in [5.74, 6) is 3.74. The Kier molecular flexibility index (Phi) is 5.87. The lowest BCUT2D eigenvalue weighted by Crippen LogP contribution is -2.21. The number of aromatic nitrogens is 3. The Balaban J connectivity index is 1.22. The van der Waals surface area contributed by atoms with Crippen molar-refractivity contribution in [2.75, 3.05) is 20.8 Å². The summed E-state index contributed by atoms with van der Waals surface area (Å²) in [6, 6.07) is 13.3. The average Bonchev–Trinajstić information content (AvgIpc) is 3.52. The molecule has 0 spiro atoms. The second-order valence-corrected chi connectivity index (χ2v) is 8.56. The molecule has 0 radical (unpaired) electrons. The van der Waals surface area contributed by atoms with Gasteiger partial charge in [-0.2, -0.15) is 0 Å². The van der Waals surface area contributed by atoms with Crippen LogP contribution in [0.1, 0.15) is 17.7 Å². The van der Waals surface area contributed by atoms with Crippen LogP contribution >= 0.6 is 23.1 Å². The van der Waals surface area contributed by atoms with Gasteiger partial charge in [0, 0.05) is 16.7 Å². The predicted octanol–water partition coefficient (Wildman–Crippen LogP) is 5.02. The van der Waals surface area contributed by atoms with Gasteiger partial charge in [-0.3, -0.25) is 0 Å². The molecule has 32 heavy (non-hydrogen) atoms. The number of methoxy groups -OCH3 is 2. The van der Waals surface area contributed by atoms with Gasteiger partial charge in [-0.1, -0.05) is 23.9 Å². The third-order valence-corrected chi connectivity index (χ3v) is 6.52. The fraction of sp³-hybridized carbons (Fsp3) is 0.227. The van der Waals surface area contributed by atoms with Crippen molar-refractivity contribution < 1.29 is 23.4 Å². The van der Waals surface area contributed by atoms with Gasteiger partial charge in [0.2, 0.25) is 6.10 Å². The maximum absolute atomic E-state index is 5.92. The third-order valence-electron chi connectivity index (χ3n) is 4.73. The molecule has 2 aromatic carbocycles. The molecular weight excluding hydrogens is 450 g/mol. The van der Waals surface area contributed by atoms with E-state index in [0.717, 1.165) is 16.3 Å². The van der Waals surface area contributed by atoms with Crippen molar-refractivity contribution in [2.24, 2.45) is 0 Å². The average molecular weight is 470 g/mol. The van der Waals surface area contributed by atoms with E-state index in [1.807, 2.05) is 47.8 Å². The topological polar surface area (TPSA) is 88.7 Å². The van der Waals surface area contributed by atoms with Crippen LogP contribution in [0.3, 0.4) is 0 Å². The van der Waals surface area contributed by atoms with Gasteiger partial charge >= 0.3 is 0 Å². The molecule has 5 rings (SSSR count). The summed E-state index contributed by atoms with van der Waals surface area (Å²) in [6.45, 7) is 0.323. The Morgan fingerprint density at radius 1 is 1.06 bits per heavy atom. The quantitative estimate of drug-likeness (QED) is 0.346. The molecule has 164 valence electrons. The Labute approximate surface area is 192 Å². The number of rotatable bonds is 7. The first-order valence-corrected chi connectivity index (χ1v) is 11.6. The summed E-state index contributed by atoms with van der Waals surface area (Å²) in [5, 5.41) is 11.6. The fourth-order valence-electron chi connectivity index (χ4n) is 3.16. The number of ether oxygens (including phenoxy) is 4. The molecule has 4 aromatic rings. The molecule has 1 aliphatic heterocycles. The summed E-state index contributed by atoms with van der Waals surface area (Å²) in [7, 11) is 3.24. The zero-order chi connectivity index (χ0) is 21.9. The van der Waals surface area contributed by atoms with E-state index < -0.39 is 6.10 Å². The molecule has 0 bridgehead atoms. The van der Waals surface area contributed by atoms with Crippen LogP contribution in [0.4, 0.5) is 0 Å². The van der Waals surface area contributed by atoms with E-state index in [-0.39, 0.29) is 0 Å². The summed E-state index contributed by atoms with van der Waals surface area (Å²) in [5.41, 5.74) is 1.90. The fourth-order valence-corrected chi connectivity index (χ4v) is 4.75. The van der Waals surface area contributed by atoms with E-state index in [9.17, 15) is 0 Å². The monoisotopic (exact) mass is 469 g/mol. The molecule has 2 aromatic heterocycles. The Hall–Kier alpha value is -3.24. The van der Waals surface area contributed by atoms with Gasteiger partial charge in [0.05, 0.1) is 19.9 Å². The molecule has 0 aliphatic carbocycles. The minimum absolute atomic E-state index is 0.323. The molecule has 0 saturated heterocycles. The Morgan fingerprint density at radius 2 is 1.91 bits per heavy atom. The largest absolute Gasteiger partial charge is 0.493 e. The van der Waals surface area contributed by atoms with Gasteiger partial charge in [0.1, 0.15) is 11.6 Å². The first-order chi connectivity index (χ1) is 15.7. The first kappa shape index (κ1) is 20.7. The second-order valence-electron chi connectivity index (χ2n) is 6.77. The minimum atomic E-state index is -0.428. The lowest BCUT2D eigenvalue weighted by molar-refractivity contribution is 0.0686.